The fourth-order valence-electron chi connectivity index (χ4n) is 3.07. The van der Waals surface area contributed by atoms with Crippen molar-refractivity contribution in [2.75, 3.05) is 7.05 Å². The second kappa shape index (κ2) is 6.42. The fraction of sp³-hybridized carbons (Fsp3) is 0.600. The largest absolute Gasteiger partial charge is 0.313 e. The van der Waals surface area contributed by atoms with Crippen LogP contribution in [0.5, 0.6) is 0 Å². The highest BCUT2D eigenvalue weighted by molar-refractivity contribution is 5.23. The van der Waals surface area contributed by atoms with Gasteiger partial charge in [0, 0.05) is 6.04 Å². The maximum absolute atomic E-state index is 13.3. The SMILES string of the molecule is CNC(c1cc(F)c(F)c(F)c1)C1CCCCCC1. The molecule has 0 spiro atoms. The summed E-state index contributed by atoms with van der Waals surface area (Å²) in [6.45, 7) is 0. The number of benzene rings is 1. The van der Waals surface area contributed by atoms with Crippen molar-refractivity contribution in [3.63, 3.8) is 0 Å². The number of hydrogen-bond donors (Lipinski definition) is 1. The summed E-state index contributed by atoms with van der Waals surface area (Å²) < 4.78 is 39.7. The fourth-order valence-corrected chi connectivity index (χ4v) is 3.07. The average Bonchev–Trinajstić information content (AvgIpc) is 2.66. The maximum Gasteiger partial charge on any atom is 0.194 e. The van der Waals surface area contributed by atoms with E-state index < -0.39 is 17.5 Å². The number of rotatable bonds is 3. The van der Waals surface area contributed by atoms with Crippen LogP contribution in [0.3, 0.4) is 0 Å². The molecule has 0 aromatic heterocycles. The molecule has 106 valence electrons. The van der Waals surface area contributed by atoms with E-state index in [2.05, 4.69) is 5.32 Å². The lowest BCUT2D eigenvalue weighted by molar-refractivity contribution is 0.337. The first-order valence-electron chi connectivity index (χ1n) is 6.95. The quantitative estimate of drug-likeness (QED) is 0.637. The predicted molar refractivity (Wildman–Crippen MR) is 69.3 cm³/mol. The van der Waals surface area contributed by atoms with Gasteiger partial charge in [-0.05, 0) is 43.5 Å². The molecule has 1 fully saturated rings. The van der Waals surface area contributed by atoms with Crippen LogP contribution in [-0.2, 0) is 0 Å². The smallest absolute Gasteiger partial charge is 0.194 e. The van der Waals surface area contributed by atoms with Gasteiger partial charge in [-0.25, -0.2) is 13.2 Å². The first kappa shape index (κ1) is 14.4. The molecule has 1 unspecified atom stereocenters. The van der Waals surface area contributed by atoms with Crippen molar-refractivity contribution in [2.24, 2.45) is 5.92 Å². The molecule has 1 aromatic carbocycles. The summed E-state index contributed by atoms with van der Waals surface area (Å²) in [6.07, 6.45) is 6.83. The summed E-state index contributed by atoms with van der Waals surface area (Å²) in [7, 11) is 1.79. The monoisotopic (exact) mass is 271 g/mol. The first-order valence-corrected chi connectivity index (χ1v) is 6.95. The van der Waals surface area contributed by atoms with E-state index in [0.717, 1.165) is 37.8 Å². The molecule has 0 saturated heterocycles. The Bertz CT molecular complexity index is 402. The third-order valence-corrected chi connectivity index (χ3v) is 4.05. The molecule has 1 N–H and O–H groups in total. The maximum atomic E-state index is 13.3. The van der Waals surface area contributed by atoms with E-state index in [1.807, 2.05) is 0 Å². The lowest BCUT2D eigenvalue weighted by atomic mass is 9.87. The summed E-state index contributed by atoms with van der Waals surface area (Å²) in [5.41, 5.74) is 0.505. The van der Waals surface area contributed by atoms with Gasteiger partial charge in [-0.1, -0.05) is 25.7 Å². The lowest BCUT2D eigenvalue weighted by Crippen LogP contribution is -2.25. The van der Waals surface area contributed by atoms with Crippen LogP contribution >= 0.6 is 0 Å². The minimum Gasteiger partial charge on any atom is -0.313 e. The highest BCUT2D eigenvalue weighted by atomic mass is 19.2. The molecule has 1 aliphatic rings. The van der Waals surface area contributed by atoms with Gasteiger partial charge in [0.1, 0.15) is 0 Å². The van der Waals surface area contributed by atoms with E-state index in [9.17, 15) is 13.2 Å². The van der Waals surface area contributed by atoms with Gasteiger partial charge in [-0.15, -0.1) is 0 Å². The van der Waals surface area contributed by atoms with Crippen LogP contribution in [0.4, 0.5) is 13.2 Å². The highest BCUT2D eigenvalue weighted by Crippen LogP contribution is 2.34. The Balaban J connectivity index is 2.25. The molecule has 2 rings (SSSR count). The Kier molecular flexibility index (Phi) is 4.86. The Hall–Kier alpha value is -1.03. The van der Waals surface area contributed by atoms with E-state index in [-0.39, 0.29) is 6.04 Å². The molecular weight excluding hydrogens is 251 g/mol. The van der Waals surface area contributed by atoms with Gasteiger partial charge in [0.2, 0.25) is 0 Å². The van der Waals surface area contributed by atoms with Gasteiger partial charge in [-0.3, -0.25) is 0 Å². The van der Waals surface area contributed by atoms with E-state index in [1.165, 1.54) is 12.8 Å². The molecule has 1 saturated carbocycles. The van der Waals surface area contributed by atoms with Gasteiger partial charge in [-0.2, -0.15) is 0 Å². The standard InChI is InChI=1S/C15H20F3N/c1-19-15(10-6-4-2-3-5-7-10)11-8-12(16)14(18)13(17)9-11/h8-10,15,19H,2-7H2,1H3. The van der Waals surface area contributed by atoms with Crippen LogP contribution in [0.2, 0.25) is 0 Å². The Morgan fingerprint density at radius 3 is 2.00 bits per heavy atom. The minimum atomic E-state index is -1.39. The summed E-state index contributed by atoms with van der Waals surface area (Å²) in [4.78, 5) is 0. The third kappa shape index (κ3) is 3.30. The third-order valence-electron chi connectivity index (χ3n) is 4.05. The van der Waals surface area contributed by atoms with Crippen molar-refractivity contribution in [3.8, 4) is 0 Å². The molecule has 1 aliphatic carbocycles. The molecule has 0 radical (unpaired) electrons. The molecule has 1 aromatic rings. The van der Waals surface area contributed by atoms with Gasteiger partial charge in [0.25, 0.3) is 0 Å². The van der Waals surface area contributed by atoms with E-state index >= 15 is 0 Å². The van der Waals surface area contributed by atoms with Gasteiger partial charge < -0.3 is 5.32 Å². The van der Waals surface area contributed by atoms with Crippen molar-refractivity contribution in [1.29, 1.82) is 0 Å². The molecule has 0 heterocycles. The summed E-state index contributed by atoms with van der Waals surface area (Å²) in [6, 6.07) is 2.12. The number of halogens is 3. The molecule has 0 amide bonds. The topological polar surface area (TPSA) is 12.0 Å². The molecular formula is C15H20F3N. The molecule has 1 atom stereocenters. The van der Waals surface area contributed by atoms with Crippen molar-refractivity contribution in [2.45, 2.75) is 44.6 Å². The number of nitrogens with one attached hydrogen (secondary N) is 1. The number of hydrogen-bond acceptors (Lipinski definition) is 1. The van der Waals surface area contributed by atoms with Gasteiger partial charge in [0.15, 0.2) is 17.5 Å². The zero-order chi connectivity index (χ0) is 13.8. The predicted octanol–water partition coefficient (Wildman–Crippen LogP) is 4.33. The van der Waals surface area contributed by atoms with E-state index in [1.54, 1.807) is 7.05 Å². The van der Waals surface area contributed by atoms with E-state index in [0.29, 0.717) is 11.5 Å². The molecule has 1 nitrogen and oxygen atoms in total. The van der Waals surface area contributed by atoms with Crippen LogP contribution in [0.25, 0.3) is 0 Å². The minimum absolute atomic E-state index is 0.109. The van der Waals surface area contributed by atoms with Crippen molar-refractivity contribution < 1.29 is 13.2 Å². The van der Waals surface area contributed by atoms with Crippen molar-refractivity contribution in [1.82, 2.24) is 5.32 Å². The lowest BCUT2D eigenvalue weighted by Gasteiger charge is -2.26. The average molecular weight is 271 g/mol. The summed E-state index contributed by atoms with van der Waals surface area (Å²) in [5.74, 6) is -3.25. The van der Waals surface area contributed by atoms with Crippen LogP contribution in [0.1, 0.15) is 50.1 Å². The zero-order valence-corrected chi connectivity index (χ0v) is 11.2. The Morgan fingerprint density at radius 1 is 1.00 bits per heavy atom. The summed E-state index contributed by atoms with van der Waals surface area (Å²) in [5, 5.41) is 3.13. The van der Waals surface area contributed by atoms with Gasteiger partial charge in [0.05, 0.1) is 0 Å². The van der Waals surface area contributed by atoms with Crippen LogP contribution in [-0.4, -0.2) is 7.05 Å². The highest BCUT2D eigenvalue weighted by Gasteiger charge is 2.25. The molecule has 0 aliphatic heterocycles. The molecule has 0 bridgehead atoms. The first-order chi connectivity index (χ1) is 9.13. The second-order valence-electron chi connectivity index (χ2n) is 5.32. The Morgan fingerprint density at radius 2 is 1.53 bits per heavy atom. The normalized spacial score (nSPS) is 19.2. The van der Waals surface area contributed by atoms with Crippen LogP contribution in [0.15, 0.2) is 12.1 Å². The molecule has 19 heavy (non-hydrogen) atoms. The van der Waals surface area contributed by atoms with Gasteiger partial charge >= 0.3 is 0 Å². The van der Waals surface area contributed by atoms with Crippen LogP contribution in [0, 0.1) is 23.4 Å². The summed E-state index contributed by atoms with van der Waals surface area (Å²) >= 11 is 0. The van der Waals surface area contributed by atoms with Crippen LogP contribution < -0.4 is 5.32 Å². The Labute approximate surface area is 112 Å². The van der Waals surface area contributed by atoms with Crippen molar-refractivity contribution in [3.05, 3.63) is 35.1 Å². The second-order valence-corrected chi connectivity index (χ2v) is 5.32. The van der Waals surface area contributed by atoms with E-state index in [4.69, 9.17) is 0 Å². The zero-order valence-electron chi connectivity index (χ0n) is 11.2. The van der Waals surface area contributed by atoms with Crippen molar-refractivity contribution >= 4 is 0 Å². The molecule has 4 heteroatoms.